The fraction of sp³-hybridized carbons (Fsp3) is 0.524. The van der Waals surface area contributed by atoms with Crippen molar-refractivity contribution in [3.05, 3.63) is 116 Å². The van der Waals surface area contributed by atoms with Gasteiger partial charge in [-0.1, -0.05) is 107 Å². The number of carboxylic acids is 2. The Morgan fingerprint density at radius 2 is 1.29 bits per heavy atom. The number of rotatable bonds is 31. The quantitative estimate of drug-likeness (QED) is 0.0284. The zero-order chi connectivity index (χ0) is 88.0. The predicted octanol–water partition coefficient (Wildman–Crippen LogP) is 3.03. The van der Waals surface area contributed by atoms with E-state index in [0.717, 1.165) is 86.5 Å². The Morgan fingerprint density at radius 1 is 0.669 bits per heavy atom. The highest BCUT2D eigenvalue weighted by molar-refractivity contribution is 6.32. The number of hydrogen-bond donors (Lipinski definition) is 22. The molecule has 18 atom stereocenters. The van der Waals surface area contributed by atoms with Crippen LogP contribution in [0.15, 0.2) is 72.8 Å². The van der Waals surface area contributed by atoms with E-state index >= 15 is 24.0 Å². The average molecular weight is 1730 g/mol. The third-order valence-electron chi connectivity index (χ3n) is 21.9. The van der Waals surface area contributed by atoms with E-state index in [1.807, 2.05) is 13.8 Å². The molecule has 0 spiro atoms. The summed E-state index contributed by atoms with van der Waals surface area (Å²) >= 11 is 14.3. The van der Waals surface area contributed by atoms with Crippen LogP contribution in [0.3, 0.4) is 0 Å². The molecule has 39 heteroatoms. The maximum atomic E-state index is 16.4. The molecule has 0 radical (unpaired) electrons. The van der Waals surface area contributed by atoms with Crippen molar-refractivity contribution in [3.8, 4) is 57.1 Å². The van der Waals surface area contributed by atoms with Crippen LogP contribution in [0.4, 0.5) is 0 Å². The minimum Gasteiger partial charge on any atom is -0.507 e. The van der Waals surface area contributed by atoms with E-state index in [1.54, 1.807) is 13.8 Å². The molecule has 37 nitrogen and oxygen atoms in total. The monoisotopic (exact) mass is 1730 g/mol. The van der Waals surface area contributed by atoms with Gasteiger partial charge in [0.2, 0.25) is 53.4 Å². The Hall–Kier alpha value is -9.81. The van der Waals surface area contributed by atoms with Gasteiger partial charge >= 0.3 is 11.9 Å². The number of nitrogens with one attached hydrogen (secondary N) is 10. The molecule has 5 aromatic carbocycles. The van der Waals surface area contributed by atoms with Gasteiger partial charge in [0.05, 0.1) is 53.3 Å². The molecule has 12 rings (SSSR count). The van der Waals surface area contributed by atoms with Gasteiger partial charge in [0.1, 0.15) is 89.5 Å². The van der Waals surface area contributed by atoms with Crippen molar-refractivity contribution < 1.29 is 128 Å². The highest BCUT2D eigenvalue weighted by atomic mass is 35.5. The zero-order valence-electron chi connectivity index (χ0n) is 67.4. The number of unbranched alkanes of at least 4 members (excludes halogenated alkanes) is 7. The maximum absolute atomic E-state index is 16.4. The Balaban J connectivity index is 1.17. The van der Waals surface area contributed by atoms with Crippen LogP contribution >= 0.6 is 23.2 Å². The van der Waals surface area contributed by atoms with Crippen LogP contribution in [-0.4, -0.2) is 228 Å². The highest BCUT2D eigenvalue weighted by Gasteiger charge is 2.52. The first-order valence-electron chi connectivity index (χ1n) is 40.1. The molecular weight excluding hydrogens is 1630 g/mol. The molecule has 7 amide bonds. The molecule has 2 saturated heterocycles. The van der Waals surface area contributed by atoms with Crippen LogP contribution < -0.4 is 73.1 Å². The number of carbonyl (C=O) groups excluding carboxylic acids is 7. The van der Waals surface area contributed by atoms with Crippen molar-refractivity contribution in [1.29, 1.82) is 0 Å². The van der Waals surface area contributed by atoms with Gasteiger partial charge in [0, 0.05) is 54.8 Å². The van der Waals surface area contributed by atoms with Crippen molar-refractivity contribution in [1.82, 2.24) is 53.2 Å². The van der Waals surface area contributed by atoms with Crippen molar-refractivity contribution in [3.63, 3.8) is 0 Å². The number of aliphatic hydroxyl groups excluding tert-OH is 6. The summed E-state index contributed by atoms with van der Waals surface area (Å²) in [5.74, 6) is -17.8. The summed E-state index contributed by atoms with van der Waals surface area (Å²) in [5.41, 5.74) is 1.03. The summed E-state index contributed by atoms with van der Waals surface area (Å²) in [6.45, 7) is 9.04. The Kier molecular flexibility index (Phi) is 32.3. The van der Waals surface area contributed by atoms with Crippen molar-refractivity contribution in [2.75, 3.05) is 39.8 Å². The summed E-state index contributed by atoms with van der Waals surface area (Å²) < 4.78 is 39.5. The first-order chi connectivity index (χ1) is 57.5. The van der Waals surface area contributed by atoms with E-state index in [0.29, 0.717) is 13.1 Å². The topological polar surface area (TPSA) is 578 Å². The van der Waals surface area contributed by atoms with E-state index in [2.05, 4.69) is 60.1 Å². The third-order valence-corrected chi connectivity index (χ3v) is 22.5. The summed E-state index contributed by atoms with van der Waals surface area (Å²) in [5, 5.41) is 154. The van der Waals surface area contributed by atoms with Gasteiger partial charge in [-0.2, -0.15) is 0 Å². The van der Waals surface area contributed by atoms with Gasteiger partial charge in [-0.05, 0) is 123 Å². The van der Waals surface area contributed by atoms with Gasteiger partial charge < -0.3 is 143 Å². The summed E-state index contributed by atoms with van der Waals surface area (Å²) in [4.78, 5) is 131. The van der Waals surface area contributed by atoms with Gasteiger partial charge in [-0.15, -0.1) is 0 Å². The second-order valence-electron chi connectivity index (χ2n) is 31.4. The molecule has 121 heavy (non-hydrogen) atoms. The molecule has 11 bridgehead atoms. The molecule has 0 unspecified atom stereocenters. The number of primary amides is 1. The minimum atomic E-state index is -2.40. The van der Waals surface area contributed by atoms with E-state index < -0.39 is 267 Å². The lowest BCUT2D eigenvalue weighted by Crippen LogP contribution is -2.65. The van der Waals surface area contributed by atoms with Crippen LogP contribution in [-0.2, 0) is 63.9 Å². The van der Waals surface area contributed by atoms with Gasteiger partial charge in [-0.25, -0.2) is 4.79 Å². The van der Waals surface area contributed by atoms with E-state index in [-0.39, 0.29) is 47.2 Å². The molecular formula is C82H107Cl2N11O26. The van der Waals surface area contributed by atoms with Crippen LogP contribution in [0.2, 0.25) is 10.0 Å². The molecule has 660 valence electrons. The van der Waals surface area contributed by atoms with Crippen molar-refractivity contribution in [2.45, 2.75) is 227 Å². The number of hydrogen-bond acceptors (Lipinski definition) is 28. The van der Waals surface area contributed by atoms with Crippen LogP contribution in [0.25, 0.3) is 11.1 Å². The number of carbonyl (C=O) groups is 9. The number of benzene rings is 5. The first kappa shape index (κ1) is 93.5. The van der Waals surface area contributed by atoms with Crippen LogP contribution in [0.1, 0.15) is 175 Å². The molecule has 0 aliphatic carbocycles. The standard InChI is InChI=1S/C82H107Cl2N11O26/c1-7-8-9-10-11-12-13-14-22-87-24-25-89-82(5)34-59(116-38(4)73(82)107)120-72-70(106)69(105)56(36-96)119-81(72)121-71-54-30-42-31-55(71)118-53-20-17-41(29-47(53)84)67(103)65-79(113)93-63(80(114)115)44-32-51(98)45(35-88-23-21-58(100)101)68(104)60(44)43-27-39(15-18-50(43)97)61(76(110)95-65)92-77(111)62(42)91-75(109)49(33-57(85)99)90-78(112)64(94-74(108)48(86-6)26-37(2)3)66(102)40-16-19-52(117-54)46(83)28-40/h15-20,27-32,37-38,48-49,56,59,61-67,69-70,72-73,81,86-89,96-98,102-107H,7-14,21-26,33-36H2,1-6H3,(H2,85,99)(H,90,112)(H,91,109)(H,92,111)(H,93,113)(H,94,108)(H,95,110)(H,100,101)(H,114,115)/t38-,48+,49-,56+,59-,61+,62+,63-,64+,65-,66+,67+,69+,70-,72+,73+,81-,82-/m0/s1. The van der Waals surface area contributed by atoms with Gasteiger partial charge in [-0.3, -0.25) is 38.4 Å². The summed E-state index contributed by atoms with van der Waals surface area (Å²) in [6, 6.07) is -1.90. The Labute approximate surface area is 706 Å². The molecule has 7 aliphatic heterocycles. The second-order valence-corrected chi connectivity index (χ2v) is 32.2. The van der Waals surface area contributed by atoms with Crippen molar-refractivity contribution in [2.24, 2.45) is 11.7 Å². The van der Waals surface area contributed by atoms with E-state index in [9.17, 15) is 75.3 Å². The molecule has 7 aliphatic rings. The summed E-state index contributed by atoms with van der Waals surface area (Å²) in [7, 11) is 1.47. The Morgan fingerprint density at radius 3 is 1.90 bits per heavy atom. The fourth-order valence-electron chi connectivity index (χ4n) is 15.2. The summed E-state index contributed by atoms with van der Waals surface area (Å²) in [6.07, 6.45) is -9.83. The number of likely N-dealkylation sites (N-methyl/N-ethyl adjacent to an activating group) is 1. The van der Waals surface area contributed by atoms with Crippen LogP contribution in [0.5, 0.6) is 46.0 Å². The lowest BCUT2D eigenvalue weighted by atomic mass is 9.85. The molecule has 0 aromatic heterocycles. The molecule has 5 aromatic rings. The number of fused-ring (bicyclic) bond motifs is 15. The first-order valence-corrected chi connectivity index (χ1v) is 40.9. The molecule has 0 saturated carbocycles. The maximum Gasteiger partial charge on any atom is 0.330 e. The predicted molar refractivity (Wildman–Crippen MR) is 433 cm³/mol. The SMILES string of the molecule is CCCCCCCCCCNCCN[C@@]1(C)C[C@H](O[C@H]2[C@H](Oc3c4cc5cc3Oc3ccc(cc3Cl)[C@@H](O)[C@@H](NC(=O)[C@@H](CC(C)C)NC)C(=O)N[C@@H](CC(N)=O)C(=O)N[C@H]5C(=O)N[C@H]3C(=O)N[C@H](C(=O)N[C@H](C(=O)O)c5cc(O)c(CNCCC(=O)O)c(O)c5-c5cc3ccc5O)[C@H](O)c3ccc(c(Cl)c3)O4)O[C@H](CO)[C@@H](O)[C@@H]2O)O[C@@H](C)[C@H]1O. The number of aliphatic carboxylic acids is 2. The number of carboxylic acid groups (broad SMARTS) is 2. The normalized spacial score (nSPS) is 26.5. The smallest absolute Gasteiger partial charge is 0.330 e. The van der Waals surface area contributed by atoms with Crippen molar-refractivity contribution >= 4 is 76.5 Å². The third kappa shape index (κ3) is 22.7. The second kappa shape index (κ2) is 41.8. The minimum absolute atomic E-state index is 0.116. The molecule has 2 fully saturated rings. The number of aliphatic hydroxyl groups is 6. The number of amides is 7. The number of ether oxygens (including phenoxy) is 6. The van der Waals surface area contributed by atoms with Gasteiger partial charge in [0.15, 0.2) is 29.9 Å². The molecule has 23 N–H and O–H groups in total. The number of nitrogens with two attached hydrogens (primary N) is 1. The van der Waals surface area contributed by atoms with E-state index in [4.69, 9.17) is 57.4 Å². The lowest BCUT2D eigenvalue weighted by molar-refractivity contribution is -0.334. The fourth-order valence-corrected chi connectivity index (χ4v) is 15.7. The van der Waals surface area contributed by atoms with Gasteiger partial charge in [0.25, 0.3) is 0 Å². The van der Waals surface area contributed by atoms with E-state index in [1.165, 1.54) is 51.3 Å². The van der Waals surface area contributed by atoms with Crippen LogP contribution in [0, 0.1) is 5.92 Å². The Bertz CT molecular complexity index is 4590. The zero-order valence-corrected chi connectivity index (χ0v) is 68.9. The number of phenols is 3. The number of aromatic hydroxyl groups is 3. The highest BCUT2D eigenvalue weighted by Crippen LogP contribution is 2.51. The molecule has 7 heterocycles. The average Bonchev–Trinajstić information content (AvgIpc) is 0.756. The largest absolute Gasteiger partial charge is 0.507 e. The number of phenolic OH excluding ortho intramolecular Hbond substituents is 3. The lowest BCUT2D eigenvalue weighted by Gasteiger charge is -2.48. The number of halogens is 2.